The van der Waals surface area contributed by atoms with Gasteiger partial charge in [0.2, 0.25) is 0 Å². The van der Waals surface area contributed by atoms with Gasteiger partial charge in [-0.05, 0) is 0 Å². The minimum atomic E-state index is -1.11. The molecule has 12 nitrogen and oxygen atoms in total. The SMILES string of the molecule is CC(=O)OC[C@@H]1O[C@H](n2cnc3nc[nH]c(=O)c32)[C@@H](OC(C)=O)[C@@H]1OC(C)=O. The molecule has 28 heavy (non-hydrogen) atoms. The predicted molar refractivity (Wildman–Crippen MR) is 89.8 cm³/mol. The van der Waals surface area contributed by atoms with Gasteiger partial charge >= 0.3 is 17.9 Å². The molecule has 1 aliphatic rings. The van der Waals surface area contributed by atoms with E-state index in [-0.39, 0.29) is 17.8 Å². The molecule has 3 rings (SSSR count). The number of ether oxygens (including phenoxy) is 4. The van der Waals surface area contributed by atoms with Crippen molar-refractivity contribution >= 4 is 29.1 Å². The molecule has 0 radical (unpaired) electrons. The van der Waals surface area contributed by atoms with Crippen LogP contribution in [0.25, 0.3) is 11.2 Å². The van der Waals surface area contributed by atoms with Crippen molar-refractivity contribution in [2.24, 2.45) is 0 Å². The van der Waals surface area contributed by atoms with Crippen molar-refractivity contribution in [1.82, 2.24) is 19.5 Å². The zero-order chi connectivity index (χ0) is 20.4. The summed E-state index contributed by atoms with van der Waals surface area (Å²) < 4.78 is 22.8. The monoisotopic (exact) mass is 394 g/mol. The van der Waals surface area contributed by atoms with Crippen LogP contribution >= 0.6 is 0 Å². The fourth-order valence-electron chi connectivity index (χ4n) is 2.99. The van der Waals surface area contributed by atoms with E-state index in [4.69, 9.17) is 18.9 Å². The van der Waals surface area contributed by atoms with Gasteiger partial charge in [-0.15, -0.1) is 0 Å². The van der Waals surface area contributed by atoms with Gasteiger partial charge in [0.15, 0.2) is 29.6 Å². The summed E-state index contributed by atoms with van der Waals surface area (Å²) in [6.07, 6.45) is -1.68. The molecule has 150 valence electrons. The van der Waals surface area contributed by atoms with Crippen LogP contribution in [0.15, 0.2) is 17.4 Å². The Kier molecular flexibility index (Phi) is 5.40. The number of nitrogens with one attached hydrogen (secondary N) is 1. The lowest BCUT2D eigenvalue weighted by molar-refractivity contribution is -0.166. The van der Waals surface area contributed by atoms with Gasteiger partial charge in [0.25, 0.3) is 5.56 Å². The van der Waals surface area contributed by atoms with Crippen molar-refractivity contribution in [3.05, 3.63) is 23.0 Å². The Bertz CT molecular complexity index is 967. The molecule has 0 aliphatic carbocycles. The molecule has 0 amide bonds. The van der Waals surface area contributed by atoms with Crippen LogP contribution in [0.4, 0.5) is 0 Å². The molecule has 0 unspecified atom stereocenters. The molecule has 3 heterocycles. The summed E-state index contributed by atoms with van der Waals surface area (Å²) in [6.45, 7) is 3.33. The third-order valence-corrected chi connectivity index (χ3v) is 3.99. The van der Waals surface area contributed by atoms with E-state index < -0.39 is 48.0 Å². The quantitative estimate of drug-likeness (QED) is 0.516. The fourth-order valence-corrected chi connectivity index (χ4v) is 2.99. The van der Waals surface area contributed by atoms with Crippen LogP contribution in [0.1, 0.15) is 27.0 Å². The molecule has 1 N–H and O–H groups in total. The summed E-state index contributed by atoms with van der Waals surface area (Å²) in [4.78, 5) is 57.0. The molecule has 2 aromatic rings. The number of imidazole rings is 1. The summed E-state index contributed by atoms with van der Waals surface area (Å²) in [5, 5.41) is 0. The maximum atomic E-state index is 12.2. The Hall–Kier alpha value is -3.28. The molecule has 1 aliphatic heterocycles. The first kappa shape index (κ1) is 19.5. The molecular weight excluding hydrogens is 376 g/mol. The number of rotatable bonds is 5. The van der Waals surface area contributed by atoms with E-state index in [1.807, 2.05) is 0 Å². The van der Waals surface area contributed by atoms with Gasteiger partial charge in [-0.2, -0.15) is 0 Å². The van der Waals surface area contributed by atoms with Gasteiger partial charge in [-0.1, -0.05) is 0 Å². The lowest BCUT2D eigenvalue weighted by Gasteiger charge is -2.23. The van der Waals surface area contributed by atoms with E-state index >= 15 is 0 Å². The van der Waals surface area contributed by atoms with Crippen molar-refractivity contribution < 1.29 is 33.3 Å². The number of hydrogen-bond acceptors (Lipinski definition) is 10. The van der Waals surface area contributed by atoms with E-state index in [0.29, 0.717) is 0 Å². The highest BCUT2D eigenvalue weighted by atomic mass is 16.7. The standard InChI is InChI=1S/C16H18N4O8/c1-7(21)25-4-10-12(26-8(2)22)13(27-9(3)23)16(28-10)20-6-19-14-11(20)15(24)18-5-17-14/h5-6,10,12-13,16H,4H2,1-3H3,(H,17,18,24)/t10-,12+,13-,16-/m0/s1. The van der Waals surface area contributed by atoms with Crippen molar-refractivity contribution in [2.45, 2.75) is 45.3 Å². The molecule has 0 spiro atoms. The van der Waals surface area contributed by atoms with Crippen LogP contribution in [0.5, 0.6) is 0 Å². The predicted octanol–water partition coefficient (Wildman–Crippen LogP) is -0.556. The van der Waals surface area contributed by atoms with Crippen LogP contribution in [-0.4, -0.2) is 62.3 Å². The zero-order valence-electron chi connectivity index (χ0n) is 15.3. The molecule has 2 aromatic heterocycles. The number of nitrogens with zero attached hydrogens (tertiary/aromatic N) is 3. The first-order chi connectivity index (χ1) is 13.3. The molecular formula is C16H18N4O8. The normalized spacial score (nSPS) is 24.1. The lowest BCUT2D eigenvalue weighted by Crippen LogP contribution is -2.40. The Morgan fingerprint density at radius 1 is 1.11 bits per heavy atom. The fraction of sp³-hybridized carbons (Fsp3) is 0.500. The zero-order valence-corrected chi connectivity index (χ0v) is 15.3. The van der Waals surface area contributed by atoms with Crippen LogP contribution in [0.2, 0.25) is 0 Å². The van der Waals surface area contributed by atoms with Crippen molar-refractivity contribution in [2.75, 3.05) is 6.61 Å². The van der Waals surface area contributed by atoms with Gasteiger partial charge in [0.05, 0.1) is 6.33 Å². The number of H-pyrrole nitrogens is 1. The smallest absolute Gasteiger partial charge is 0.303 e. The van der Waals surface area contributed by atoms with E-state index in [1.165, 1.54) is 38.0 Å². The Morgan fingerprint density at radius 2 is 1.79 bits per heavy atom. The van der Waals surface area contributed by atoms with Crippen LogP contribution < -0.4 is 5.56 Å². The second-order valence-electron chi connectivity index (χ2n) is 6.07. The molecule has 0 saturated carbocycles. The Labute approximate surface area is 157 Å². The largest absolute Gasteiger partial charge is 0.463 e. The second-order valence-corrected chi connectivity index (χ2v) is 6.07. The van der Waals surface area contributed by atoms with Crippen molar-refractivity contribution in [3.63, 3.8) is 0 Å². The average Bonchev–Trinajstić information content (AvgIpc) is 3.16. The summed E-state index contributed by atoms with van der Waals surface area (Å²) in [6, 6.07) is 0. The maximum absolute atomic E-state index is 12.2. The lowest BCUT2D eigenvalue weighted by atomic mass is 10.1. The highest BCUT2D eigenvalue weighted by Crippen LogP contribution is 2.35. The van der Waals surface area contributed by atoms with Gasteiger partial charge in [-0.3, -0.25) is 23.7 Å². The van der Waals surface area contributed by atoms with Gasteiger partial charge in [0, 0.05) is 20.8 Å². The number of hydrogen-bond donors (Lipinski definition) is 1. The highest BCUT2D eigenvalue weighted by Gasteiger charge is 2.51. The van der Waals surface area contributed by atoms with Gasteiger partial charge < -0.3 is 23.9 Å². The minimum absolute atomic E-state index is 0.0827. The van der Waals surface area contributed by atoms with Crippen molar-refractivity contribution in [1.29, 1.82) is 0 Å². The van der Waals surface area contributed by atoms with Gasteiger partial charge in [-0.25, -0.2) is 9.97 Å². The maximum Gasteiger partial charge on any atom is 0.303 e. The molecule has 4 atom stereocenters. The highest BCUT2D eigenvalue weighted by molar-refractivity contribution is 5.70. The summed E-state index contributed by atoms with van der Waals surface area (Å²) >= 11 is 0. The molecule has 12 heteroatoms. The Morgan fingerprint density at radius 3 is 2.43 bits per heavy atom. The van der Waals surface area contributed by atoms with E-state index in [9.17, 15) is 19.2 Å². The average molecular weight is 394 g/mol. The molecule has 0 bridgehead atoms. The first-order valence-electron chi connectivity index (χ1n) is 8.31. The van der Waals surface area contributed by atoms with E-state index in [1.54, 1.807) is 0 Å². The molecule has 1 saturated heterocycles. The number of carbonyl (C=O) groups is 3. The van der Waals surface area contributed by atoms with Crippen LogP contribution in [0, 0.1) is 0 Å². The third-order valence-electron chi connectivity index (χ3n) is 3.99. The van der Waals surface area contributed by atoms with Crippen LogP contribution in [-0.2, 0) is 33.3 Å². The third kappa shape index (κ3) is 3.86. The number of aromatic amines is 1. The molecule has 0 aromatic carbocycles. The number of esters is 3. The number of aromatic nitrogens is 4. The van der Waals surface area contributed by atoms with Gasteiger partial charge in [0.1, 0.15) is 19.0 Å². The van der Waals surface area contributed by atoms with Crippen LogP contribution in [0.3, 0.4) is 0 Å². The van der Waals surface area contributed by atoms with E-state index in [0.717, 1.165) is 0 Å². The number of fused-ring (bicyclic) bond motifs is 1. The Balaban J connectivity index is 2.03. The second kappa shape index (κ2) is 7.76. The topological polar surface area (TPSA) is 152 Å². The number of carbonyl (C=O) groups excluding carboxylic acids is 3. The summed E-state index contributed by atoms with van der Waals surface area (Å²) in [5.74, 6) is -1.86. The summed E-state index contributed by atoms with van der Waals surface area (Å²) in [7, 11) is 0. The first-order valence-corrected chi connectivity index (χ1v) is 8.31. The molecule has 1 fully saturated rings. The minimum Gasteiger partial charge on any atom is -0.463 e. The summed E-state index contributed by atoms with van der Waals surface area (Å²) in [5.41, 5.74) is -0.249. The van der Waals surface area contributed by atoms with E-state index in [2.05, 4.69) is 15.0 Å². The van der Waals surface area contributed by atoms with Crippen molar-refractivity contribution in [3.8, 4) is 0 Å².